The number of anilines is 1. The molecule has 1 aromatic carbocycles. The Hall–Kier alpha value is -1.39. The van der Waals surface area contributed by atoms with Gasteiger partial charge in [-0.3, -0.25) is 4.79 Å². The van der Waals surface area contributed by atoms with Crippen molar-refractivity contribution >= 4 is 34.0 Å². The van der Waals surface area contributed by atoms with E-state index in [1.54, 1.807) is 11.3 Å². The summed E-state index contributed by atoms with van der Waals surface area (Å²) in [6.07, 6.45) is 5.63. The van der Waals surface area contributed by atoms with Gasteiger partial charge in [0.25, 0.3) is 0 Å². The zero-order chi connectivity index (χ0) is 13.9. The second kappa shape index (κ2) is 5.94. The van der Waals surface area contributed by atoms with Gasteiger partial charge in [0.1, 0.15) is 0 Å². The molecule has 2 aromatic rings. The Labute approximate surface area is 127 Å². The average Bonchev–Trinajstić information content (AvgIpc) is 3.20. The molecule has 0 spiro atoms. The maximum absolute atomic E-state index is 11.6. The highest BCUT2D eigenvalue weighted by molar-refractivity contribution is 7.15. The van der Waals surface area contributed by atoms with Crippen molar-refractivity contribution in [2.24, 2.45) is 5.92 Å². The van der Waals surface area contributed by atoms with Crippen LogP contribution in [0.15, 0.2) is 30.5 Å². The molecule has 104 valence electrons. The number of carbonyl (C=O) groups is 1. The molecule has 0 radical (unpaired) electrons. The minimum absolute atomic E-state index is 0.108. The molecule has 3 nitrogen and oxygen atoms in total. The zero-order valence-corrected chi connectivity index (χ0v) is 12.5. The number of aryl methyl sites for hydroxylation is 2. The van der Waals surface area contributed by atoms with Crippen LogP contribution in [0.2, 0.25) is 5.02 Å². The second-order valence-corrected chi connectivity index (χ2v) is 6.51. The number of hydrogen-bond acceptors (Lipinski definition) is 3. The molecule has 1 aliphatic rings. The maximum atomic E-state index is 11.6. The number of thiazole rings is 1. The third kappa shape index (κ3) is 3.38. The van der Waals surface area contributed by atoms with Gasteiger partial charge in [-0.25, -0.2) is 4.98 Å². The Morgan fingerprint density at radius 1 is 1.35 bits per heavy atom. The highest BCUT2D eigenvalue weighted by Gasteiger charge is 2.30. The van der Waals surface area contributed by atoms with Gasteiger partial charge >= 0.3 is 0 Å². The fourth-order valence-corrected chi connectivity index (χ4v) is 3.04. The molecule has 5 heteroatoms. The molecule has 1 aliphatic carbocycles. The molecule has 20 heavy (non-hydrogen) atoms. The molecule has 1 N–H and O–H groups in total. The van der Waals surface area contributed by atoms with Gasteiger partial charge in [0.05, 0.1) is 0 Å². The van der Waals surface area contributed by atoms with Gasteiger partial charge in [0, 0.05) is 22.0 Å². The lowest BCUT2D eigenvalue weighted by molar-refractivity contribution is -0.117. The summed E-state index contributed by atoms with van der Waals surface area (Å²) in [5.41, 5.74) is 1.14. The molecule has 0 saturated heterocycles. The standard InChI is InChI=1S/C15H15ClN2OS/c16-13-4-2-1-3-10(13)7-8-12-9-17-15(20-12)18-14(19)11-5-6-11/h1-4,9,11H,5-8H2,(H,17,18,19). The number of benzene rings is 1. The zero-order valence-electron chi connectivity index (χ0n) is 10.9. The lowest BCUT2D eigenvalue weighted by atomic mass is 10.1. The molecule has 1 aromatic heterocycles. The van der Waals surface area contributed by atoms with Gasteiger partial charge < -0.3 is 5.32 Å². The van der Waals surface area contributed by atoms with Crippen LogP contribution in [0.5, 0.6) is 0 Å². The van der Waals surface area contributed by atoms with Crippen LogP contribution in [0.1, 0.15) is 23.3 Å². The van der Waals surface area contributed by atoms with Crippen LogP contribution in [0.3, 0.4) is 0 Å². The molecule has 0 aliphatic heterocycles. The first-order chi connectivity index (χ1) is 9.72. The van der Waals surface area contributed by atoms with Crippen LogP contribution in [0.25, 0.3) is 0 Å². The SMILES string of the molecule is O=C(Nc1ncc(CCc2ccccc2Cl)s1)C1CC1. The quantitative estimate of drug-likeness (QED) is 0.909. The molecule has 0 bridgehead atoms. The molecule has 0 unspecified atom stereocenters. The number of nitrogens with one attached hydrogen (secondary N) is 1. The first-order valence-electron chi connectivity index (χ1n) is 6.71. The first kappa shape index (κ1) is 13.6. The number of halogens is 1. The Morgan fingerprint density at radius 3 is 2.90 bits per heavy atom. The van der Waals surface area contributed by atoms with Crippen molar-refractivity contribution in [1.29, 1.82) is 0 Å². The van der Waals surface area contributed by atoms with Crippen LogP contribution in [0.4, 0.5) is 5.13 Å². The summed E-state index contributed by atoms with van der Waals surface area (Å²) in [6, 6.07) is 7.88. The lowest BCUT2D eigenvalue weighted by Gasteiger charge is -2.01. The van der Waals surface area contributed by atoms with Crippen molar-refractivity contribution in [3.05, 3.63) is 45.9 Å². The number of aromatic nitrogens is 1. The van der Waals surface area contributed by atoms with E-state index in [0.717, 1.165) is 41.1 Å². The molecule has 3 rings (SSSR count). The fourth-order valence-electron chi connectivity index (χ4n) is 1.99. The van der Waals surface area contributed by atoms with Crippen molar-refractivity contribution in [2.75, 3.05) is 5.32 Å². The maximum Gasteiger partial charge on any atom is 0.229 e. The van der Waals surface area contributed by atoms with Gasteiger partial charge in [-0.2, -0.15) is 0 Å². The molecule has 1 amide bonds. The van der Waals surface area contributed by atoms with E-state index >= 15 is 0 Å². The first-order valence-corrected chi connectivity index (χ1v) is 7.91. The number of hydrogen-bond donors (Lipinski definition) is 1. The van der Waals surface area contributed by atoms with Crippen molar-refractivity contribution in [1.82, 2.24) is 4.98 Å². The largest absolute Gasteiger partial charge is 0.302 e. The predicted octanol–water partition coefficient (Wildman–Crippen LogP) is 3.93. The van der Waals surface area contributed by atoms with E-state index < -0.39 is 0 Å². The molecule has 1 saturated carbocycles. The lowest BCUT2D eigenvalue weighted by Crippen LogP contribution is -2.12. The summed E-state index contributed by atoms with van der Waals surface area (Å²) in [6.45, 7) is 0. The van der Waals surface area contributed by atoms with E-state index in [-0.39, 0.29) is 11.8 Å². The van der Waals surface area contributed by atoms with E-state index in [9.17, 15) is 4.79 Å². The highest BCUT2D eigenvalue weighted by Crippen LogP contribution is 2.31. The molecular weight excluding hydrogens is 292 g/mol. The summed E-state index contributed by atoms with van der Waals surface area (Å²) >= 11 is 7.68. The fraction of sp³-hybridized carbons (Fsp3) is 0.333. The van der Waals surface area contributed by atoms with E-state index in [1.807, 2.05) is 30.5 Å². The Morgan fingerprint density at radius 2 is 2.15 bits per heavy atom. The van der Waals surface area contributed by atoms with E-state index in [1.165, 1.54) is 0 Å². The monoisotopic (exact) mass is 306 g/mol. The summed E-state index contributed by atoms with van der Waals surface area (Å²) in [5.74, 6) is 0.322. The van der Waals surface area contributed by atoms with Gasteiger partial charge in [-0.15, -0.1) is 11.3 Å². The Bertz CT molecular complexity index is 622. The van der Waals surface area contributed by atoms with Crippen LogP contribution < -0.4 is 5.32 Å². The average molecular weight is 307 g/mol. The van der Waals surface area contributed by atoms with Gasteiger partial charge in [-0.1, -0.05) is 29.8 Å². The highest BCUT2D eigenvalue weighted by atomic mass is 35.5. The van der Waals surface area contributed by atoms with Gasteiger partial charge in [-0.05, 0) is 37.3 Å². The van der Waals surface area contributed by atoms with Crippen LogP contribution in [0, 0.1) is 5.92 Å². The number of rotatable bonds is 5. The Kier molecular flexibility index (Phi) is 4.03. The van der Waals surface area contributed by atoms with Crippen molar-refractivity contribution in [3.8, 4) is 0 Å². The van der Waals surface area contributed by atoms with Crippen LogP contribution in [-0.4, -0.2) is 10.9 Å². The van der Waals surface area contributed by atoms with E-state index in [2.05, 4.69) is 10.3 Å². The third-order valence-corrected chi connectivity index (χ3v) is 4.67. The van der Waals surface area contributed by atoms with Crippen molar-refractivity contribution in [3.63, 3.8) is 0 Å². The summed E-state index contributed by atoms with van der Waals surface area (Å²) in [7, 11) is 0. The van der Waals surface area contributed by atoms with E-state index in [0.29, 0.717) is 5.13 Å². The van der Waals surface area contributed by atoms with Crippen LogP contribution >= 0.6 is 22.9 Å². The molecule has 0 atom stereocenters. The summed E-state index contributed by atoms with van der Waals surface area (Å²) < 4.78 is 0. The molecule has 1 heterocycles. The topological polar surface area (TPSA) is 42.0 Å². The van der Waals surface area contributed by atoms with Gasteiger partial charge in [0.2, 0.25) is 5.91 Å². The predicted molar refractivity (Wildman–Crippen MR) is 82.3 cm³/mol. The molecule has 1 fully saturated rings. The van der Waals surface area contributed by atoms with Gasteiger partial charge in [0.15, 0.2) is 5.13 Å². The minimum atomic E-state index is 0.108. The summed E-state index contributed by atoms with van der Waals surface area (Å²) in [4.78, 5) is 17.1. The van der Waals surface area contributed by atoms with Crippen molar-refractivity contribution in [2.45, 2.75) is 25.7 Å². The summed E-state index contributed by atoms with van der Waals surface area (Å²) in [5, 5.41) is 4.39. The number of nitrogens with zero attached hydrogens (tertiary/aromatic N) is 1. The van der Waals surface area contributed by atoms with E-state index in [4.69, 9.17) is 11.6 Å². The normalized spacial score (nSPS) is 14.2. The molecular formula is C15H15ClN2OS. The third-order valence-electron chi connectivity index (χ3n) is 3.33. The van der Waals surface area contributed by atoms with Crippen LogP contribution in [-0.2, 0) is 17.6 Å². The number of carbonyl (C=O) groups excluding carboxylic acids is 1. The smallest absolute Gasteiger partial charge is 0.229 e. The minimum Gasteiger partial charge on any atom is -0.302 e. The van der Waals surface area contributed by atoms with Crippen molar-refractivity contribution < 1.29 is 4.79 Å². The number of amides is 1. The Balaban J connectivity index is 1.57. The second-order valence-electron chi connectivity index (χ2n) is 4.99.